The Morgan fingerprint density at radius 1 is 1.25 bits per heavy atom. The number of aromatic nitrogens is 2. The number of aliphatic imine (C=N–C) groups is 1. The highest BCUT2D eigenvalue weighted by Gasteiger charge is 2.12. The molecule has 0 amide bonds. The lowest BCUT2D eigenvalue weighted by molar-refractivity contribution is 0.191. The van der Waals surface area contributed by atoms with Crippen molar-refractivity contribution < 1.29 is 9.13 Å². The Labute approximate surface area is 167 Å². The number of rotatable bonds is 10. The molecular weight excluding hydrogens is 357 g/mol. The van der Waals surface area contributed by atoms with Gasteiger partial charge in [0.05, 0.1) is 6.54 Å². The standard InChI is InChI=1S/C21H32FN5O/c1-5-17(28-19-10-8-7-9-18(19)22)13-25-21(23-6-2)26-14-20-24-11-12-27(20)15-16(3)4/h7-12,16-17H,5-6,13-15H2,1-4H3,(H2,23,25,26). The summed E-state index contributed by atoms with van der Waals surface area (Å²) in [6.07, 6.45) is 4.38. The first-order valence-corrected chi connectivity index (χ1v) is 9.96. The molecule has 1 aromatic heterocycles. The third kappa shape index (κ3) is 6.87. The molecule has 0 radical (unpaired) electrons. The predicted molar refractivity (Wildman–Crippen MR) is 111 cm³/mol. The van der Waals surface area contributed by atoms with E-state index in [-0.39, 0.29) is 17.7 Å². The van der Waals surface area contributed by atoms with Crippen LogP contribution in [0.3, 0.4) is 0 Å². The fourth-order valence-electron chi connectivity index (χ4n) is 2.74. The average molecular weight is 390 g/mol. The summed E-state index contributed by atoms with van der Waals surface area (Å²) in [6.45, 7) is 11.1. The van der Waals surface area contributed by atoms with Crippen LogP contribution in [0, 0.1) is 11.7 Å². The third-order valence-corrected chi connectivity index (χ3v) is 4.17. The molecule has 0 bridgehead atoms. The summed E-state index contributed by atoms with van der Waals surface area (Å²) in [5, 5.41) is 6.52. The van der Waals surface area contributed by atoms with E-state index in [0.29, 0.717) is 25.0 Å². The molecule has 0 spiro atoms. The Kier molecular flexibility index (Phi) is 8.78. The van der Waals surface area contributed by atoms with Crippen LogP contribution in [0.1, 0.15) is 39.9 Å². The number of benzene rings is 1. The fraction of sp³-hybridized carbons (Fsp3) is 0.524. The van der Waals surface area contributed by atoms with E-state index in [4.69, 9.17) is 4.74 Å². The Morgan fingerprint density at radius 3 is 2.71 bits per heavy atom. The maximum atomic E-state index is 13.8. The summed E-state index contributed by atoms with van der Waals surface area (Å²) in [6, 6.07) is 6.47. The van der Waals surface area contributed by atoms with Gasteiger partial charge < -0.3 is 19.9 Å². The summed E-state index contributed by atoms with van der Waals surface area (Å²) in [4.78, 5) is 9.05. The van der Waals surface area contributed by atoms with Crippen molar-refractivity contribution in [2.45, 2.75) is 53.3 Å². The van der Waals surface area contributed by atoms with Crippen LogP contribution >= 0.6 is 0 Å². The molecule has 6 nitrogen and oxygen atoms in total. The summed E-state index contributed by atoms with van der Waals surface area (Å²) < 4.78 is 21.8. The lowest BCUT2D eigenvalue weighted by Crippen LogP contribution is -2.42. The molecule has 0 aliphatic carbocycles. The maximum absolute atomic E-state index is 13.8. The molecule has 28 heavy (non-hydrogen) atoms. The molecule has 1 aromatic carbocycles. The first kappa shape index (κ1) is 21.7. The van der Waals surface area contributed by atoms with Crippen molar-refractivity contribution in [1.29, 1.82) is 0 Å². The zero-order valence-electron chi connectivity index (χ0n) is 17.3. The molecule has 1 unspecified atom stereocenters. The fourth-order valence-corrected chi connectivity index (χ4v) is 2.74. The van der Waals surface area contributed by atoms with Crippen molar-refractivity contribution in [2.24, 2.45) is 10.9 Å². The van der Waals surface area contributed by atoms with Gasteiger partial charge in [0, 0.05) is 25.5 Å². The molecule has 2 aromatic rings. The maximum Gasteiger partial charge on any atom is 0.191 e. The van der Waals surface area contributed by atoms with Crippen molar-refractivity contribution in [2.75, 3.05) is 13.1 Å². The molecule has 0 fully saturated rings. The molecule has 0 aliphatic rings. The molecule has 1 heterocycles. The highest BCUT2D eigenvalue weighted by Crippen LogP contribution is 2.17. The Bertz CT molecular complexity index is 744. The van der Waals surface area contributed by atoms with Gasteiger partial charge in [-0.2, -0.15) is 0 Å². The number of nitrogens with one attached hydrogen (secondary N) is 2. The topological polar surface area (TPSA) is 63.5 Å². The third-order valence-electron chi connectivity index (χ3n) is 4.17. The molecule has 0 saturated carbocycles. The van der Waals surface area contributed by atoms with Crippen molar-refractivity contribution >= 4 is 5.96 Å². The van der Waals surface area contributed by atoms with E-state index < -0.39 is 0 Å². The zero-order valence-corrected chi connectivity index (χ0v) is 17.3. The molecule has 0 saturated heterocycles. The molecule has 0 aliphatic heterocycles. The number of hydrogen-bond donors (Lipinski definition) is 2. The smallest absolute Gasteiger partial charge is 0.191 e. The van der Waals surface area contributed by atoms with Crippen LogP contribution < -0.4 is 15.4 Å². The molecule has 154 valence electrons. The lowest BCUT2D eigenvalue weighted by Gasteiger charge is -2.20. The van der Waals surface area contributed by atoms with Gasteiger partial charge in [0.2, 0.25) is 0 Å². The summed E-state index contributed by atoms with van der Waals surface area (Å²) in [7, 11) is 0. The van der Waals surface area contributed by atoms with Crippen LogP contribution in [0.4, 0.5) is 4.39 Å². The van der Waals surface area contributed by atoms with Crippen LogP contribution in [-0.2, 0) is 13.1 Å². The Hall–Kier alpha value is -2.57. The van der Waals surface area contributed by atoms with Crippen LogP contribution in [-0.4, -0.2) is 34.7 Å². The van der Waals surface area contributed by atoms with E-state index in [1.165, 1.54) is 6.07 Å². The zero-order chi connectivity index (χ0) is 20.4. The SMILES string of the molecule is CCNC(=NCc1nccn1CC(C)C)NCC(CC)Oc1ccccc1F. The second-order valence-electron chi connectivity index (χ2n) is 7.04. The molecule has 7 heteroatoms. The number of halogens is 1. The highest BCUT2D eigenvalue weighted by molar-refractivity contribution is 5.79. The van der Waals surface area contributed by atoms with Gasteiger partial charge in [0.25, 0.3) is 0 Å². The van der Waals surface area contributed by atoms with Gasteiger partial charge in [-0.15, -0.1) is 0 Å². The first-order valence-electron chi connectivity index (χ1n) is 9.96. The van der Waals surface area contributed by atoms with E-state index in [1.807, 2.05) is 26.2 Å². The number of imidazole rings is 1. The van der Waals surface area contributed by atoms with E-state index in [0.717, 1.165) is 25.3 Å². The summed E-state index contributed by atoms with van der Waals surface area (Å²) >= 11 is 0. The van der Waals surface area contributed by atoms with Gasteiger partial charge in [-0.1, -0.05) is 32.9 Å². The monoisotopic (exact) mass is 389 g/mol. The Balaban J connectivity index is 1.96. The van der Waals surface area contributed by atoms with E-state index in [9.17, 15) is 4.39 Å². The van der Waals surface area contributed by atoms with E-state index in [1.54, 1.807) is 18.2 Å². The largest absolute Gasteiger partial charge is 0.486 e. The second kappa shape index (κ2) is 11.3. The van der Waals surface area contributed by atoms with Crippen LogP contribution in [0.15, 0.2) is 41.7 Å². The van der Waals surface area contributed by atoms with Gasteiger partial charge in [0.15, 0.2) is 17.5 Å². The number of ether oxygens (including phenoxy) is 1. The summed E-state index contributed by atoms with van der Waals surface area (Å²) in [5.74, 6) is 2.09. The second-order valence-corrected chi connectivity index (χ2v) is 7.04. The quantitative estimate of drug-likeness (QED) is 0.481. The minimum Gasteiger partial charge on any atom is -0.486 e. The number of guanidine groups is 1. The van der Waals surface area contributed by atoms with Crippen molar-refractivity contribution in [3.05, 3.63) is 48.3 Å². The predicted octanol–water partition coefficient (Wildman–Crippen LogP) is 3.59. The minimum absolute atomic E-state index is 0.163. The normalized spacial score (nSPS) is 12.9. The van der Waals surface area contributed by atoms with Crippen LogP contribution in [0.25, 0.3) is 0 Å². The number of para-hydroxylation sites is 1. The lowest BCUT2D eigenvalue weighted by atomic mass is 10.2. The van der Waals surface area contributed by atoms with Crippen LogP contribution in [0.5, 0.6) is 5.75 Å². The first-order chi connectivity index (χ1) is 13.5. The average Bonchev–Trinajstić information content (AvgIpc) is 3.10. The number of hydrogen-bond acceptors (Lipinski definition) is 3. The van der Waals surface area contributed by atoms with Gasteiger partial charge in [-0.3, -0.25) is 0 Å². The molecule has 2 rings (SSSR count). The minimum atomic E-state index is -0.349. The van der Waals surface area contributed by atoms with Crippen molar-refractivity contribution in [3.8, 4) is 5.75 Å². The van der Waals surface area contributed by atoms with Gasteiger partial charge >= 0.3 is 0 Å². The van der Waals surface area contributed by atoms with Gasteiger partial charge in [-0.25, -0.2) is 14.4 Å². The van der Waals surface area contributed by atoms with Gasteiger partial charge in [-0.05, 0) is 31.4 Å². The molecule has 1 atom stereocenters. The number of nitrogens with zero attached hydrogens (tertiary/aromatic N) is 3. The Morgan fingerprint density at radius 2 is 2.04 bits per heavy atom. The molecule has 2 N–H and O–H groups in total. The highest BCUT2D eigenvalue weighted by atomic mass is 19.1. The summed E-state index contributed by atoms with van der Waals surface area (Å²) in [5.41, 5.74) is 0. The molecular formula is C21H32FN5O. The van der Waals surface area contributed by atoms with E-state index in [2.05, 4.69) is 39.0 Å². The van der Waals surface area contributed by atoms with Crippen molar-refractivity contribution in [3.63, 3.8) is 0 Å². The van der Waals surface area contributed by atoms with Crippen LogP contribution in [0.2, 0.25) is 0 Å². The van der Waals surface area contributed by atoms with Gasteiger partial charge in [0.1, 0.15) is 18.5 Å². The van der Waals surface area contributed by atoms with E-state index >= 15 is 0 Å². The van der Waals surface area contributed by atoms with Crippen molar-refractivity contribution in [1.82, 2.24) is 20.2 Å².